The minimum absolute atomic E-state index is 0.156. The van der Waals surface area contributed by atoms with Crippen LogP contribution in [0.25, 0.3) is 0 Å². The van der Waals surface area contributed by atoms with E-state index in [-0.39, 0.29) is 5.75 Å². The Bertz CT molecular complexity index is 431. The van der Waals surface area contributed by atoms with E-state index >= 15 is 0 Å². The SMILES string of the molecule is CN(C)CCN1CCN(Cc2ccc(O)c(Cl)c2)CC1. The highest BCUT2D eigenvalue weighted by molar-refractivity contribution is 6.32. The van der Waals surface area contributed by atoms with E-state index in [1.165, 1.54) is 0 Å². The minimum atomic E-state index is 0.156. The van der Waals surface area contributed by atoms with Crippen LogP contribution in [0.15, 0.2) is 18.2 Å². The molecule has 0 saturated carbocycles. The molecule has 20 heavy (non-hydrogen) atoms. The molecule has 0 bridgehead atoms. The van der Waals surface area contributed by atoms with Crippen LogP contribution in [-0.4, -0.2) is 73.2 Å². The summed E-state index contributed by atoms with van der Waals surface area (Å²) in [5, 5.41) is 9.87. The highest BCUT2D eigenvalue weighted by Crippen LogP contribution is 2.24. The van der Waals surface area contributed by atoms with Crippen molar-refractivity contribution >= 4 is 11.6 Å². The minimum Gasteiger partial charge on any atom is -0.506 e. The van der Waals surface area contributed by atoms with Crippen LogP contribution in [0.1, 0.15) is 5.56 Å². The molecule has 0 spiro atoms. The maximum absolute atomic E-state index is 9.43. The molecule has 4 nitrogen and oxygen atoms in total. The van der Waals surface area contributed by atoms with Crippen molar-refractivity contribution in [3.63, 3.8) is 0 Å². The summed E-state index contributed by atoms with van der Waals surface area (Å²) >= 11 is 5.94. The van der Waals surface area contributed by atoms with Gasteiger partial charge in [0.15, 0.2) is 0 Å². The number of hydrogen-bond donors (Lipinski definition) is 1. The van der Waals surface area contributed by atoms with E-state index in [9.17, 15) is 5.11 Å². The van der Waals surface area contributed by atoms with Crippen LogP contribution < -0.4 is 0 Å². The molecule has 1 N–H and O–H groups in total. The lowest BCUT2D eigenvalue weighted by Crippen LogP contribution is -2.47. The number of aromatic hydroxyl groups is 1. The summed E-state index contributed by atoms with van der Waals surface area (Å²) in [7, 11) is 4.23. The number of phenols is 1. The summed E-state index contributed by atoms with van der Waals surface area (Å²) < 4.78 is 0. The van der Waals surface area contributed by atoms with Gasteiger partial charge in [-0.15, -0.1) is 0 Å². The molecule has 0 amide bonds. The number of phenolic OH excluding ortho intramolecular Hbond substituents is 1. The first-order valence-electron chi connectivity index (χ1n) is 7.11. The lowest BCUT2D eigenvalue weighted by atomic mass is 10.2. The average molecular weight is 298 g/mol. The fraction of sp³-hybridized carbons (Fsp3) is 0.600. The number of halogens is 1. The number of piperazine rings is 1. The smallest absolute Gasteiger partial charge is 0.134 e. The van der Waals surface area contributed by atoms with Crippen molar-refractivity contribution in [3.05, 3.63) is 28.8 Å². The van der Waals surface area contributed by atoms with Crippen molar-refractivity contribution in [2.45, 2.75) is 6.54 Å². The Kier molecular flexibility index (Phi) is 5.66. The van der Waals surface area contributed by atoms with Gasteiger partial charge in [-0.25, -0.2) is 0 Å². The van der Waals surface area contributed by atoms with Crippen LogP contribution in [0.2, 0.25) is 5.02 Å². The van der Waals surface area contributed by atoms with Crippen LogP contribution in [0, 0.1) is 0 Å². The molecule has 1 saturated heterocycles. The van der Waals surface area contributed by atoms with Gasteiger partial charge in [0.05, 0.1) is 5.02 Å². The zero-order valence-corrected chi connectivity index (χ0v) is 13.1. The van der Waals surface area contributed by atoms with Gasteiger partial charge >= 0.3 is 0 Å². The standard InChI is InChI=1S/C15H24ClN3O/c1-17(2)5-6-18-7-9-19(10-8-18)12-13-3-4-15(20)14(16)11-13/h3-4,11,20H,5-10,12H2,1-2H3. The molecule has 1 aliphatic heterocycles. The van der Waals surface area contributed by atoms with Gasteiger partial charge in [-0.2, -0.15) is 0 Å². The summed E-state index contributed by atoms with van der Waals surface area (Å²) in [4.78, 5) is 7.18. The second kappa shape index (κ2) is 7.27. The van der Waals surface area contributed by atoms with Crippen molar-refractivity contribution < 1.29 is 5.11 Å². The van der Waals surface area contributed by atoms with Gasteiger partial charge in [0.25, 0.3) is 0 Å². The maximum atomic E-state index is 9.43. The molecule has 1 aliphatic rings. The molecular weight excluding hydrogens is 274 g/mol. The van der Waals surface area contributed by atoms with Crippen molar-refractivity contribution in [1.29, 1.82) is 0 Å². The third-order valence-electron chi connectivity index (χ3n) is 3.75. The Morgan fingerprint density at radius 3 is 2.40 bits per heavy atom. The molecule has 112 valence electrons. The summed E-state index contributed by atoms with van der Waals surface area (Å²) in [6, 6.07) is 5.47. The van der Waals surface area contributed by atoms with Crippen molar-refractivity contribution in [2.24, 2.45) is 0 Å². The van der Waals surface area contributed by atoms with Gasteiger partial charge in [-0.1, -0.05) is 17.7 Å². The summed E-state index contributed by atoms with van der Waals surface area (Å²) in [5.74, 6) is 0.156. The number of rotatable bonds is 5. The Morgan fingerprint density at radius 1 is 1.15 bits per heavy atom. The molecule has 0 atom stereocenters. The van der Waals surface area contributed by atoms with Gasteiger partial charge < -0.3 is 10.0 Å². The molecule has 1 fully saturated rings. The lowest BCUT2D eigenvalue weighted by Gasteiger charge is -2.35. The summed E-state index contributed by atoms with van der Waals surface area (Å²) in [5.41, 5.74) is 1.16. The van der Waals surface area contributed by atoms with E-state index in [0.29, 0.717) is 5.02 Å². The second-order valence-corrected chi connectivity index (χ2v) is 6.11. The maximum Gasteiger partial charge on any atom is 0.134 e. The predicted molar refractivity (Wildman–Crippen MR) is 83.4 cm³/mol. The molecule has 0 unspecified atom stereocenters. The molecular formula is C15H24ClN3O. The van der Waals surface area contributed by atoms with Gasteiger partial charge in [-0.3, -0.25) is 9.80 Å². The molecule has 0 aliphatic carbocycles. The molecule has 1 aromatic rings. The zero-order valence-electron chi connectivity index (χ0n) is 12.3. The number of benzene rings is 1. The summed E-state index contributed by atoms with van der Waals surface area (Å²) in [6.45, 7) is 7.60. The van der Waals surface area contributed by atoms with E-state index in [1.807, 2.05) is 12.1 Å². The van der Waals surface area contributed by atoms with E-state index in [1.54, 1.807) is 6.07 Å². The molecule has 2 rings (SSSR count). The topological polar surface area (TPSA) is 30.0 Å². The zero-order chi connectivity index (χ0) is 14.5. The molecule has 1 aromatic carbocycles. The molecule has 0 aromatic heterocycles. The second-order valence-electron chi connectivity index (χ2n) is 5.71. The number of nitrogens with zero attached hydrogens (tertiary/aromatic N) is 3. The Morgan fingerprint density at radius 2 is 1.80 bits per heavy atom. The first-order chi connectivity index (χ1) is 9.54. The Balaban J connectivity index is 1.77. The van der Waals surface area contributed by atoms with Gasteiger partial charge in [0.2, 0.25) is 0 Å². The van der Waals surface area contributed by atoms with Gasteiger partial charge in [0, 0.05) is 45.8 Å². The lowest BCUT2D eigenvalue weighted by molar-refractivity contribution is 0.120. The third-order valence-corrected chi connectivity index (χ3v) is 4.05. The van der Waals surface area contributed by atoms with Crippen LogP contribution in [-0.2, 0) is 6.54 Å². The van der Waals surface area contributed by atoms with Crippen LogP contribution >= 0.6 is 11.6 Å². The fourth-order valence-corrected chi connectivity index (χ4v) is 2.62. The van der Waals surface area contributed by atoms with Gasteiger partial charge in [-0.05, 0) is 31.8 Å². The van der Waals surface area contributed by atoms with Crippen LogP contribution in [0.4, 0.5) is 0 Å². The van der Waals surface area contributed by atoms with E-state index < -0.39 is 0 Å². The van der Waals surface area contributed by atoms with Crippen LogP contribution in [0.3, 0.4) is 0 Å². The fourth-order valence-electron chi connectivity index (χ4n) is 2.42. The largest absolute Gasteiger partial charge is 0.506 e. The molecule has 1 heterocycles. The highest BCUT2D eigenvalue weighted by Gasteiger charge is 2.17. The average Bonchev–Trinajstić information content (AvgIpc) is 2.42. The van der Waals surface area contributed by atoms with Crippen molar-refractivity contribution in [1.82, 2.24) is 14.7 Å². The van der Waals surface area contributed by atoms with Gasteiger partial charge in [0.1, 0.15) is 5.75 Å². The number of likely N-dealkylation sites (N-methyl/N-ethyl adjacent to an activating group) is 1. The Labute approximate surface area is 126 Å². The van der Waals surface area contributed by atoms with E-state index in [4.69, 9.17) is 11.6 Å². The predicted octanol–water partition coefficient (Wildman–Crippen LogP) is 1.72. The normalized spacial score (nSPS) is 17.8. The Hall–Kier alpha value is -0.810. The van der Waals surface area contributed by atoms with Crippen LogP contribution in [0.5, 0.6) is 5.75 Å². The molecule has 0 radical (unpaired) electrons. The van der Waals surface area contributed by atoms with E-state index in [2.05, 4.69) is 28.8 Å². The van der Waals surface area contributed by atoms with E-state index in [0.717, 1.165) is 51.4 Å². The monoisotopic (exact) mass is 297 g/mol. The highest BCUT2D eigenvalue weighted by atomic mass is 35.5. The number of hydrogen-bond acceptors (Lipinski definition) is 4. The first kappa shape index (κ1) is 15.6. The quantitative estimate of drug-likeness (QED) is 0.896. The summed E-state index contributed by atoms with van der Waals surface area (Å²) in [6.07, 6.45) is 0. The molecule has 5 heteroatoms. The van der Waals surface area contributed by atoms with Crippen molar-refractivity contribution in [2.75, 3.05) is 53.4 Å². The van der Waals surface area contributed by atoms with Crippen molar-refractivity contribution in [3.8, 4) is 5.75 Å². The first-order valence-corrected chi connectivity index (χ1v) is 7.49. The third kappa shape index (κ3) is 4.63.